The van der Waals surface area contributed by atoms with Gasteiger partial charge in [0.25, 0.3) is 11.8 Å². The smallest absolute Gasteiger partial charge is 0.262 e. The highest BCUT2D eigenvalue weighted by Crippen LogP contribution is 2.26. The summed E-state index contributed by atoms with van der Waals surface area (Å²) in [7, 11) is -3.42. The van der Waals surface area contributed by atoms with Crippen LogP contribution in [0.1, 0.15) is 32.7 Å². The number of nitrogens with one attached hydrogen (secondary N) is 1. The molecule has 2 aromatic carbocycles. The Hall–Kier alpha value is -2.72. The molecule has 0 spiro atoms. The molecule has 3 amide bonds. The zero-order valence-corrected chi connectivity index (χ0v) is 19.0. The topological polar surface area (TPSA) is 101 Å². The Morgan fingerprint density at radius 3 is 2.25 bits per heavy atom. The minimum Gasteiger partial charge on any atom is -0.353 e. The average molecular weight is 479 g/mol. The minimum atomic E-state index is -3.42. The van der Waals surface area contributed by atoms with E-state index >= 15 is 0 Å². The molecule has 1 aliphatic heterocycles. The third-order valence-electron chi connectivity index (χ3n) is 4.96. The van der Waals surface area contributed by atoms with Crippen molar-refractivity contribution in [2.24, 2.45) is 0 Å². The van der Waals surface area contributed by atoms with Crippen LogP contribution >= 0.6 is 11.8 Å². The van der Waals surface area contributed by atoms with Gasteiger partial charge in [-0.1, -0.05) is 30.3 Å². The van der Waals surface area contributed by atoms with Crippen LogP contribution in [0.15, 0.2) is 48.5 Å². The van der Waals surface area contributed by atoms with Crippen molar-refractivity contribution in [2.75, 3.05) is 24.3 Å². The Morgan fingerprint density at radius 1 is 1.06 bits per heavy atom. The molecule has 0 bridgehead atoms. The van der Waals surface area contributed by atoms with Crippen molar-refractivity contribution in [3.05, 3.63) is 71.0 Å². The molecule has 1 aliphatic rings. The number of rotatable bonds is 10. The van der Waals surface area contributed by atoms with Crippen LogP contribution in [0, 0.1) is 5.82 Å². The molecule has 10 heteroatoms. The van der Waals surface area contributed by atoms with Crippen LogP contribution in [0.25, 0.3) is 0 Å². The maximum absolute atomic E-state index is 13.7. The van der Waals surface area contributed by atoms with E-state index in [1.807, 2.05) is 0 Å². The molecule has 2 aromatic rings. The van der Waals surface area contributed by atoms with Gasteiger partial charge in [-0.15, -0.1) is 0 Å². The lowest BCUT2D eigenvalue weighted by Crippen LogP contribution is -2.50. The monoisotopic (exact) mass is 478 g/mol. The first-order valence-electron chi connectivity index (χ1n) is 9.92. The van der Waals surface area contributed by atoms with Crippen LogP contribution in [0.3, 0.4) is 0 Å². The summed E-state index contributed by atoms with van der Waals surface area (Å²) in [4.78, 5) is 39.3. The SMILES string of the molecule is CS(=O)(=O)CCC(C(=O)NCCSCc1ccccc1F)N1C(=O)c2ccccc2C1=O. The van der Waals surface area contributed by atoms with Crippen molar-refractivity contribution in [1.29, 1.82) is 0 Å². The number of sulfone groups is 1. The molecule has 170 valence electrons. The number of nitrogens with zero attached hydrogens (tertiary/aromatic N) is 1. The Morgan fingerprint density at radius 2 is 1.66 bits per heavy atom. The third-order valence-corrected chi connectivity index (χ3v) is 6.95. The Labute approximate surface area is 190 Å². The zero-order chi connectivity index (χ0) is 23.3. The van der Waals surface area contributed by atoms with E-state index in [0.717, 1.165) is 11.2 Å². The quantitative estimate of drug-likeness (QED) is 0.415. The molecule has 1 N–H and O–H groups in total. The maximum atomic E-state index is 13.7. The number of carbonyl (C=O) groups is 3. The number of amides is 3. The highest BCUT2D eigenvalue weighted by molar-refractivity contribution is 7.98. The third kappa shape index (κ3) is 5.74. The second-order valence-electron chi connectivity index (χ2n) is 7.40. The molecule has 0 radical (unpaired) electrons. The van der Waals surface area contributed by atoms with Crippen molar-refractivity contribution in [3.8, 4) is 0 Å². The van der Waals surface area contributed by atoms with Crippen LogP contribution < -0.4 is 5.32 Å². The highest BCUT2D eigenvalue weighted by Gasteiger charge is 2.42. The molecular formula is C22H23FN2O5S2. The summed E-state index contributed by atoms with van der Waals surface area (Å²) in [6.07, 6.45) is 0.836. The van der Waals surface area contributed by atoms with Crippen molar-refractivity contribution in [1.82, 2.24) is 10.2 Å². The van der Waals surface area contributed by atoms with Crippen molar-refractivity contribution < 1.29 is 27.2 Å². The molecule has 1 unspecified atom stereocenters. The van der Waals surface area contributed by atoms with E-state index < -0.39 is 33.6 Å². The zero-order valence-electron chi connectivity index (χ0n) is 17.4. The maximum Gasteiger partial charge on any atom is 0.262 e. The van der Waals surface area contributed by atoms with Gasteiger partial charge in [-0.25, -0.2) is 12.8 Å². The molecule has 0 fully saturated rings. The second kappa shape index (κ2) is 10.3. The number of hydrogen-bond donors (Lipinski definition) is 1. The van der Waals surface area contributed by atoms with E-state index in [9.17, 15) is 27.2 Å². The largest absolute Gasteiger partial charge is 0.353 e. The predicted molar refractivity (Wildman–Crippen MR) is 121 cm³/mol. The van der Waals surface area contributed by atoms with E-state index in [-0.39, 0.29) is 35.7 Å². The summed E-state index contributed by atoms with van der Waals surface area (Å²) >= 11 is 1.42. The van der Waals surface area contributed by atoms with Gasteiger partial charge < -0.3 is 5.32 Å². The van der Waals surface area contributed by atoms with Gasteiger partial charge in [-0.2, -0.15) is 11.8 Å². The van der Waals surface area contributed by atoms with Crippen LogP contribution in [0.5, 0.6) is 0 Å². The lowest BCUT2D eigenvalue weighted by atomic mass is 10.1. The fraction of sp³-hybridized carbons (Fsp3) is 0.318. The standard InChI is InChI=1S/C22H23FN2O5S2/c1-32(29,30)13-10-19(25-21(27)16-7-3-4-8-17(16)22(25)28)20(26)24-11-12-31-14-15-6-2-5-9-18(15)23/h2-9,19H,10-14H2,1H3,(H,24,26). The second-order valence-corrected chi connectivity index (χ2v) is 10.8. The van der Waals surface area contributed by atoms with Crippen molar-refractivity contribution >= 4 is 39.3 Å². The number of fused-ring (bicyclic) bond motifs is 1. The first-order chi connectivity index (χ1) is 15.2. The van der Waals surface area contributed by atoms with Crippen LogP contribution in [0.2, 0.25) is 0 Å². The van der Waals surface area contributed by atoms with Crippen molar-refractivity contribution in [3.63, 3.8) is 0 Å². The first kappa shape index (κ1) is 23.9. The van der Waals surface area contributed by atoms with Gasteiger partial charge in [0, 0.05) is 24.3 Å². The van der Waals surface area contributed by atoms with E-state index in [1.165, 1.54) is 30.0 Å². The predicted octanol–water partition coefficient (Wildman–Crippen LogP) is 2.27. The van der Waals surface area contributed by atoms with Gasteiger partial charge in [0.15, 0.2) is 0 Å². The molecular weight excluding hydrogens is 455 g/mol. The average Bonchev–Trinajstić information content (AvgIpc) is 2.99. The number of thioether (sulfide) groups is 1. The summed E-state index contributed by atoms with van der Waals surface area (Å²) in [6, 6.07) is 11.4. The van der Waals surface area contributed by atoms with Gasteiger partial charge >= 0.3 is 0 Å². The minimum absolute atomic E-state index is 0.190. The van der Waals surface area contributed by atoms with Crippen LogP contribution in [-0.4, -0.2) is 61.4 Å². The molecule has 0 aromatic heterocycles. The Balaban J connectivity index is 1.64. The van der Waals surface area contributed by atoms with Gasteiger partial charge in [-0.05, 0) is 30.2 Å². The van der Waals surface area contributed by atoms with Gasteiger partial charge in [-0.3, -0.25) is 19.3 Å². The molecule has 0 aliphatic carbocycles. The Kier molecular flexibility index (Phi) is 7.68. The summed E-state index contributed by atoms with van der Waals surface area (Å²) in [5.41, 5.74) is 0.936. The lowest BCUT2D eigenvalue weighted by Gasteiger charge is -2.25. The number of hydrogen-bond acceptors (Lipinski definition) is 6. The summed E-state index contributed by atoms with van der Waals surface area (Å²) in [5, 5.41) is 2.67. The lowest BCUT2D eigenvalue weighted by molar-refractivity contribution is -0.124. The summed E-state index contributed by atoms with van der Waals surface area (Å²) in [5.74, 6) is -1.58. The molecule has 32 heavy (non-hydrogen) atoms. The molecule has 1 heterocycles. The normalized spacial score (nSPS) is 14.4. The summed E-state index contributed by atoms with van der Waals surface area (Å²) in [6.45, 7) is 0.219. The van der Waals surface area contributed by atoms with E-state index in [0.29, 0.717) is 17.1 Å². The van der Waals surface area contributed by atoms with Crippen molar-refractivity contribution in [2.45, 2.75) is 18.2 Å². The highest BCUT2D eigenvalue weighted by atomic mass is 32.2. The summed E-state index contributed by atoms with van der Waals surface area (Å²) < 4.78 is 37.0. The van der Waals surface area contributed by atoms with E-state index in [2.05, 4.69) is 5.32 Å². The molecule has 0 saturated heterocycles. The first-order valence-corrected chi connectivity index (χ1v) is 13.1. The molecule has 3 rings (SSSR count). The van der Waals surface area contributed by atoms with E-state index in [4.69, 9.17) is 0 Å². The fourth-order valence-electron chi connectivity index (χ4n) is 3.36. The number of imide groups is 1. The molecule has 1 atom stereocenters. The van der Waals surface area contributed by atoms with E-state index in [1.54, 1.807) is 30.3 Å². The van der Waals surface area contributed by atoms with Crippen LogP contribution in [0.4, 0.5) is 4.39 Å². The molecule has 0 saturated carbocycles. The van der Waals surface area contributed by atoms with Crippen LogP contribution in [-0.2, 0) is 20.4 Å². The van der Waals surface area contributed by atoms with Gasteiger partial charge in [0.1, 0.15) is 21.7 Å². The van der Waals surface area contributed by atoms with Gasteiger partial charge in [0.05, 0.1) is 16.9 Å². The Bertz CT molecular complexity index is 1100. The number of halogens is 1. The molecule has 7 nitrogen and oxygen atoms in total. The number of benzene rings is 2. The fourth-order valence-corrected chi connectivity index (χ4v) is 4.85. The van der Waals surface area contributed by atoms with Gasteiger partial charge in [0.2, 0.25) is 5.91 Å². The number of carbonyl (C=O) groups excluding carboxylic acids is 3.